The second kappa shape index (κ2) is 5.08. The minimum atomic E-state index is -0.572. The number of hydrogen-bond acceptors (Lipinski definition) is 4. The van der Waals surface area contributed by atoms with Gasteiger partial charge in [-0.3, -0.25) is 9.59 Å². The van der Waals surface area contributed by atoms with Crippen LogP contribution in [0.1, 0.15) is 34.6 Å². The highest BCUT2D eigenvalue weighted by molar-refractivity contribution is 5.89. The van der Waals surface area contributed by atoms with Gasteiger partial charge in [-0.05, 0) is 34.6 Å². The molecule has 18 heavy (non-hydrogen) atoms. The summed E-state index contributed by atoms with van der Waals surface area (Å²) in [7, 11) is 0. The molecule has 0 aromatic heterocycles. The Balaban J connectivity index is 2.75. The SMILES string of the molecule is CC(=O)[C@@H]1CN(C(=O)OC(C)(C)C)C[C@H]1C(C)=O. The molecule has 1 aliphatic rings. The molecule has 0 aromatic carbocycles. The van der Waals surface area contributed by atoms with Crippen LogP contribution < -0.4 is 0 Å². The van der Waals surface area contributed by atoms with Crippen LogP contribution in [-0.2, 0) is 14.3 Å². The number of ether oxygens (including phenoxy) is 1. The lowest BCUT2D eigenvalue weighted by Gasteiger charge is -2.24. The molecule has 0 radical (unpaired) electrons. The molecule has 0 aliphatic carbocycles. The van der Waals surface area contributed by atoms with E-state index in [4.69, 9.17) is 4.74 Å². The summed E-state index contributed by atoms with van der Waals surface area (Å²) in [6.07, 6.45) is -0.461. The van der Waals surface area contributed by atoms with Crippen molar-refractivity contribution < 1.29 is 19.1 Å². The van der Waals surface area contributed by atoms with Crippen LogP contribution in [0.2, 0.25) is 0 Å². The van der Waals surface area contributed by atoms with Gasteiger partial charge in [-0.1, -0.05) is 0 Å². The van der Waals surface area contributed by atoms with E-state index >= 15 is 0 Å². The van der Waals surface area contributed by atoms with Crippen LogP contribution in [0.25, 0.3) is 0 Å². The van der Waals surface area contributed by atoms with Crippen molar-refractivity contribution in [1.82, 2.24) is 4.90 Å². The Hall–Kier alpha value is -1.39. The van der Waals surface area contributed by atoms with Crippen molar-refractivity contribution in [1.29, 1.82) is 0 Å². The van der Waals surface area contributed by atoms with E-state index < -0.39 is 23.5 Å². The summed E-state index contributed by atoms with van der Waals surface area (Å²) in [6.45, 7) is 8.81. The molecular weight excluding hydrogens is 234 g/mol. The fourth-order valence-electron chi connectivity index (χ4n) is 2.10. The van der Waals surface area contributed by atoms with Crippen LogP contribution in [0.4, 0.5) is 4.79 Å². The first-order valence-electron chi connectivity index (χ1n) is 6.10. The second-order valence-corrected chi connectivity index (χ2v) is 5.82. The molecule has 0 spiro atoms. The van der Waals surface area contributed by atoms with Crippen molar-refractivity contribution in [2.45, 2.75) is 40.2 Å². The molecule has 0 aromatic rings. The lowest BCUT2D eigenvalue weighted by atomic mass is 9.90. The van der Waals surface area contributed by atoms with Gasteiger partial charge in [0.1, 0.15) is 17.2 Å². The van der Waals surface area contributed by atoms with Crippen molar-refractivity contribution in [2.24, 2.45) is 11.8 Å². The van der Waals surface area contributed by atoms with Gasteiger partial charge < -0.3 is 9.64 Å². The van der Waals surface area contributed by atoms with Gasteiger partial charge in [0.15, 0.2) is 0 Å². The Labute approximate surface area is 107 Å². The van der Waals surface area contributed by atoms with Crippen molar-refractivity contribution in [3.05, 3.63) is 0 Å². The number of nitrogens with zero attached hydrogens (tertiary/aromatic N) is 1. The third-order valence-electron chi connectivity index (χ3n) is 3.02. The number of hydrogen-bond donors (Lipinski definition) is 0. The molecule has 0 saturated carbocycles. The second-order valence-electron chi connectivity index (χ2n) is 5.82. The highest BCUT2D eigenvalue weighted by Gasteiger charge is 2.41. The van der Waals surface area contributed by atoms with Gasteiger partial charge >= 0.3 is 6.09 Å². The quantitative estimate of drug-likeness (QED) is 0.752. The molecule has 1 heterocycles. The lowest BCUT2D eigenvalue weighted by molar-refractivity contribution is -0.128. The van der Waals surface area contributed by atoms with Crippen molar-refractivity contribution in [2.75, 3.05) is 13.1 Å². The van der Waals surface area contributed by atoms with Crippen LogP contribution >= 0.6 is 0 Å². The topological polar surface area (TPSA) is 63.7 Å². The van der Waals surface area contributed by atoms with Crippen LogP contribution in [0.15, 0.2) is 0 Å². The smallest absolute Gasteiger partial charge is 0.410 e. The molecule has 2 atom stereocenters. The maximum absolute atomic E-state index is 11.9. The van der Waals surface area contributed by atoms with E-state index in [2.05, 4.69) is 0 Å². The number of Topliss-reactive ketones (excluding diaryl/α,β-unsaturated/α-hetero) is 2. The summed E-state index contributed by atoms with van der Waals surface area (Å²) in [5.74, 6) is -0.896. The predicted molar refractivity (Wildman–Crippen MR) is 66.1 cm³/mol. The molecule has 0 unspecified atom stereocenters. The number of carbonyl (C=O) groups is 3. The minimum Gasteiger partial charge on any atom is -0.444 e. The maximum atomic E-state index is 11.9. The first-order valence-corrected chi connectivity index (χ1v) is 6.10. The molecule has 0 bridgehead atoms. The van der Waals surface area contributed by atoms with E-state index in [1.165, 1.54) is 18.7 Å². The van der Waals surface area contributed by atoms with Gasteiger partial charge in [0.2, 0.25) is 0 Å². The molecule has 1 aliphatic heterocycles. The van der Waals surface area contributed by atoms with Crippen molar-refractivity contribution in [3.63, 3.8) is 0 Å². The van der Waals surface area contributed by atoms with E-state index in [1.807, 2.05) is 0 Å². The minimum absolute atomic E-state index is 0.0544. The zero-order valence-corrected chi connectivity index (χ0v) is 11.6. The summed E-state index contributed by atoms with van der Waals surface area (Å²) in [5, 5.41) is 0. The Morgan fingerprint density at radius 3 is 1.67 bits per heavy atom. The number of likely N-dealkylation sites (tertiary alicyclic amines) is 1. The normalized spacial score (nSPS) is 23.9. The summed E-state index contributed by atoms with van der Waals surface area (Å²) in [4.78, 5) is 36.3. The van der Waals surface area contributed by atoms with Crippen LogP contribution in [0, 0.1) is 11.8 Å². The first-order chi connectivity index (χ1) is 8.11. The number of carbonyl (C=O) groups excluding carboxylic acids is 3. The fourth-order valence-corrected chi connectivity index (χ4v) is 2.10. The molecule has 5 nitrogen and oxygen atoms in total. The molecule has 1 saturated heterocycles. The van der Waals surface area contributed by atoms with Crippen molar-refractivity contribution >= 4 is 17.7 Å². The standard InChI is InChI=1S/C13H21NO4/c1-8(15)10-6-14(7-11(10)9(2)16)12(17)18-13(3,4)5/h10-11H,6-7H2,1-5H3/t10-,11-/m0/s1. The van der Waals surface area contributed by atoms with Gasteiger partial charge in [-0.2, -0.15) is 0 Å². The highest BCUT2D eigenvalue weighted by Crippen LogP contribution is 2.26. The largest absolute Gasteiger partial charge is 0.444 e. The average Bonchev–Trinajstić information content (AvgIpc) is 2.58. The van der Waals surface area contributed by atoms with E-state index in [9.17, 15) is 14.4 Å². The van der Waals surface area contributed by atoms with Crippen molar-refractivity contribution in [3.8, 4) is 0 Å². The van der Waals surface area contributed by atoms with Gasteiger partial charge in [0.05, 0.1) is 0 Å². The summed E-state index contributed by atoms with van der Waals surface area (Å²) >= 11 is 0. The average molecular weight is 255 g/mol. The molecule has 102 valence electrons. The predicted octanol–water partition coefficient (Wildman–Crippen LogP) is 1.65. The summed E-state index contributed by atoms with van der Waals surface area (Å²) < 4.78 is 5.24. The third-order valence-corrected chi connectivity index (χ3v) is 3.02. The zero-order valence-electron chi connectivity index (χ0n) is 11.6. The van der Waals surface area contributed by atoms with E-state index in [1.54, 1.807) is 20.8 Å². The molecule has 1 fully saturated rings. The Kier molecular flexibility index (Phi) is 4.14. The number of ketones is 2. The molecular formula is C13H21NO4. The van der Waals surface area contributed by atoms with Crippen LogP contribution in [0.5, 0.6) is 0 Å². The Morgan fingerprint density at radius 1 is 1.00 bits per heavy atom. The van der Waals surface area contributed by atoms with Crippen LogP contribution in [0.3, 0.4) is 0 Å². The third kappa shape index (κ3) is 3.55. The molecule has 1 rings (SSSR count). The van der Waals surface area contributed by atoms with Gasteiger partial charge in [0, 0.05) is 24.9 Å². The maximum Gasteiger partial charge on any atom is 0.410 e. The van der Waals surface area contributed by atoms with E-state index in [0.29, 0.717) is 0 Å². The lowest BCUT2D eigenvalue weighted by Crippen LogP contribution is -2.36. The van der Waals surface area contributed by atoms with E-state index in [0.717, 1.165) is 0 Å². The molecule has 0 N–H and O–H groups in total. The number of amides is 1. The molecule has 1 amide bonds. The fraction of sp³-hybridized carbons (Fsp3) is 0.769. The Morgan fingerprint density at radius 2 is 1.39 bits per heavy atom. The monoisotopic (exact) mass is 255 g/mol. The zero-order chi connectivity index (χ0) is 14.1. The summed E-state index contributed by atoms with van der Waals surface area (Å²) in [6, 6.07) is 0. The van der Waals surface area contributed by atoms with E-state index in [-0.39, 0.29) is 24.7 Å². The van der Waals surface area contributed by atoms with Gasteiger partial charge in [0.25, 0.3) is 0 Å². The summed E-state index contributed by atoms with van der Waals surface area (Å²) in [5.41, 5.74) is -0.572. The van der Waals surface area contributed by atoms with Crippen LogP contribution in [-0.4, -0.2) is 41.3 Å². The first kappa shape index (κ1) is 14.7. The molecule has 5 heteroatoms. The Bertz CT molecular complexity index is 348. The highest BCUT2D eigenvalue weighted by atomic mass is 16.6. The van der Waals surface area contributed by atoms with Gasteiger partial charge in [-0.15, -0.1) is 0 Å². The van der Waals surface area contributed by atoms with Gasteiger partial charge in [-0.25, -0.2) is 4.79 Å². The number of rotatable bonds is 2.